The van der Waals surface area contributed by atoms with Crippen LogP contribution in [0.2, 0.25) is 0 Å². The largest absolute Gasteiger partial charge is 0.0732 e. The van der Waals surface area contributed by atoms with E-state index in [2.05, 4.69) is 65.0 Å². The van der Waals surface area contributed by atoms with E-state index in [0.717, 1.165) is 0 Å². The molecule has 0 N–H and O–H groups in total. The Hall–Kier alpha value is -1.30. The molecule has 17 heavy (non-hydrogen) atoms. The summed E-state index contributed by atoms with van der Waals surface area (Å²) in [6, 6.07) is 8.85. The number of rotatable bonds is 4. The highest BCUT2D eigenvalue weighted by atomic mass is 14.0. The fourth-order valence-electron chi connectivity index (χ4n) is 1.88. The standard InChI is InChI=1S/C17H24/c1-6-8-16-9-7-10-17(12-16)11-14(4)15(5)13(2)3/h7,9-12H,6,8H2,1-5H3/b14-11+. The van der Waals surface area contributed by atoms with Gasteiger partial charge in [-0.3, -0.25) is 0 Å². The summed E-state index contributed by atoms with van der Waals surface area (Å²) in [5.41, 5.74) is 6.89. The van der Waals surface area contributed by atoms with Crippen LogP contribution >= 0.6 is 0 Å². The maximum atomic E-state index is 2.30. The molecule has 0 saturated heterocycles. The summed E-state index contributed by atoms with van der Waals surface area (Å²) in [5, 5.41) is 0. The van der Waals surface area contributed by atoms with E-state index in [0.29, 0.717) is 0 Å². The van der Waals surface area contributed by atoms with E-state index < -0.39 is 0 Å². The number of benzene rings is 1. The summed E-state index contributed by atoms with van der Waals surface area (Å²) in [7, 11) is 0. The van der Waals surface area contributed by atoms with Gasteiger partial charge in [-0.25, -0.2) is 0 Å². The summed E-state index contributed by atoms with van der Waals surface area (Å²) in [4.78, 5) is 0. The number of allylic oxidation sites excluding steroid dienone is 3. The van der Waals surface area contributed by atoms with Crippen molar-refractivity contribution < 1.29 is 0 Å². The van der Waals surface area contributed by atoms with E-state index in [1.165, 1.54) is 40.7 Å². The molecule has 0 saturated carbocycles. The van der Waals surface area contributed by atoms with Crippen molar-refractivity contribution in [3.63, 3.8) is 0 Å². The minimum absolute atomic E-state index is 1.17. The molecule has 92 valence electrons. The lowest BCUT2D eigenvalue weighted by Crippen LogP contribution is -1.86. The van der Waals surface area contributed by atoms with Crippen molar-refractivity contribution >= 4 is 6.08 Å². The lowest BCUT2D eigenvalue weighted by Gasteiger charge is -2.06. The van der Waals surface area contributed by atoms with Gasteiger partial charge in [0, 0.05) is 0 Å². The molecule has 0 bridgehead atoms. The van der Waals surface area contributed by atoms with Gasteiger partial charge in [-0.2, -0.15) is 0 Å². The van der Waals surface area contributed by atoms with E-state index in [4.69, 9.17) is 0 Å². The first-order chi connectivity index (χ1) is 8.04. The zero-order valence-electron chi connectivity index (χ0n) is 11.8. The quantitative estimate of drug-likeness (QED) is 0.605. The van der Waals surface area contributed by atoms with Crippen LogP contribution in [0.3, 0.4) is 0 Å². The van der Waals surface area contributed by atoms with Crippen LogP contribution in [0, 0.1) is 0 Å². The maximum absolute atomic E-state index is 2.30. The second-order valence-electron chi connectivity index (χ2n) is 4.95. The Morgan fingerprint density at radius 2 is 1.82 bits per heavy atom. The van der Waals surface area contributed by atoms with Crippen LogP contribution in [0.5, 0.6) is 0 Å². The summed E-state index contributed by atoms with van der Waals surface area (Å²) < 4.78 is 0. The summed E-state index contributed by atoms with van der Waals surface area (Å²) in [6.45, 7) is 10.9. The van der Waals surface area contributed by atoms with E-state index in [1.807, 2.05) is 0 Å². The summed E-state index contributed by atoms with van der Waals surface area (Å²) in [5.74, 6) is 0. The van der Waals surface area contributed by atoms with Gasteiger partial charge in [0.05, 0.1) is 0 Å². The van der Waals surface area contributed by atoms with Crippen molar-refractivity contribution in [2.75, 3.05) is 0 Å². The van der Waals surface area contributed by atoms with Gasteiger partial charge >= 0.3 is 0 Å². The predicted octanol–water partition coefficient (Wildman–Crippen LogP) is 5.40. The Labute approximate surface area is 106 Å². The molecule has 0 nitrogen and oxygen atoms in total. The molecular weight excluding hydrogens is 204 g/mol. The third kappa shape index (κ3) is 4.22. The molecule has 0 aliphatic rings. The maximum Gasteiger partial charge on any atom is -0.0251 e. The van der Waals surface area contributed by atoms with Crippen LogP contribution in [0.4, 0.5) is 0 Å². The van der Waals surface area contributed by atoms with E-state index in [1.54, 1.807) is 0 Å². The molecule has 1 aromatic carbocycles. The van der Waals surface area contributed by atoms with E-state index in [-0.39, 0.29) is 0 Å². The van der Waals surface area contributed by atoms with Crippen molar-refractivity contribution in [2.24, 2.45) is 0 Å². The molecule has 0 heterocycles. The Kier molecular flexibility index (Phi) is 5.21. The van der Waals surface area contributed by atoms with Crippen LogP contribution in [0.25, 0.3) is 6.08 Å². The molecule has 0 aliphatic carbocycles. The molecule has 0 amide bonds. The van der Waals surface area contributed by atoms with E-state index >= 15 is 0 Å². The Bertz CT molecular complexity index is 429. The number of hydrogen-bond acceptors (Lipinski definition) is 0. The van der Waals surface area contributed by atoms with Crippen molar-refractivity contribution in [1.82, 2.24) is 0 Å². The molecule has 0 atom stereocenters. The van der Waals surface area contributed by atoms with Crippen molar-refractivity contribution in [3.8, 4) is 0 Å². The topological polar surface area (TPSA) is 0 Å². The minimum Gasteiger partial charge on any atom is -0.0732 e. The molecule has 0 spiro atoms. The number of hydrogen-bond donors (Lipinski definition) is 0. The van der Waals surface area contributed by atoms with Crippen LogP contribution in [-0.2, 0) is 6.42 Å². The second-order valence-corrected chi connectivity index (χ2v) is 4.95. The predicted molar refractivity (Wildman–Crippen MR) is 78.1 cm³/mol. The molecular formula is C17H24. The number of aryl methyl sites for hydroxylation is 1. The third-order valence-electron chi connectivity index (χ3n) is 3.21. The Balaban J connectivity index is 2.98. The highest BCUT2D eigenvalue weighted by Gasteiger charge is 1.97. The van der Waals surface area contributed by atoms with Gasteiger partial charge in [0.2, 0.25) is 0 Å². The second kappa shape index (κ2) is 6.44. The van der Waals surface area contributed by atoms with Crippen molar-refractivity contribution in [3.05, 3.63) is 52.1 Å². The van der Waals surface area contributed by atoms with E-state index in [9.17, 15) is 0 Å². The summed E-state index contributed by atoms with van der Waals surface area (Å²) in [6.07, 6.45) is 4.66. The molecule has 0 aromatic heterocycles. The highest BCUT2D eigenvalue weighted by Crippen LogP contribution is 2.18. The first kappa shape index (κ1) is 13.8. The molecule has 0 aliphatic heterocycles. The molecule has 0 heteroatoms. The lowest BCUT2D eigenvalue weighted by molar-refractivity contribution is 0.921. The zero-order chi connectivity index (χ0) is 12.8. The average Bonchev–Trinajstić information content (AvgIpc) is 2.28. The fraction of sp³-hybridized carbons (Fsp3) is 0.412. The molecule has 0 fully saturated rings. The first-order valence-corrected chi connectivity index (χ1v) is 6.46. The zero-order valence-corrected chi connectivity index (χ0v) is 11.8. The summed E-state index contributed by atoms with van der Waals surface area (Å²) >= 11 is 0. The fourth-order valence-corrected chi connectivity index (χ4v) is 1.88. The van der Waals surface area contributed by atoms with Gasteiger partial charge < -0.3 is 0 Å². The Morgan fingerprint density at radius 3 is 2.41 bits per heavy atom. The lowest BCUT2D eigenvalue weighted by atomic mass is 10.0. The van der Waals surface area contributed by atoms with Crippen molar-refractivity contribution in [1.29, 1.82) is 0 Å². The van der Waals surface area contributed by atoms with Gasteiger partial charge in [-0.05, 0) is 56.4 Å². The van der Waals surface area contributed by atoms with Gasteiger partial charge in [0.25, 0.3) is 0 Å². The monoisotopic (exact) mass is 228 g/mol. The average molecular weight is 228 g/mol. The van der Waals surface area contributed by atoms with Crippen LogP contribution < -0.4 is 0 Å². The van der Waals surface area contributed by atoms with Gasteiger partial charge in [-0.15, -0.1) is 0 Å². The van der Waals surface area contributed by atoms with Crippen LogP contribution in [-0.4, -0.2) is 0 Å². The molecule has 1 aromatic rings. The van der Waals surface area contributed by atoms with Gasteiger partial charge in [-0.1, -0.05) is 49.3 Å². The SMILES string of the molecule is CCCc1cccc(/C=C(\C)C(C)=C(C)C)c1. The van der Waals surface area contributed by atoms with Gasteiger partial charge in [0.1, 0.15) is 0 Å². The van der Waals surface area contributed by atoms with Crippen LogP contribution in [0.15, 0.2) is 41.0 Å². The minimum atomic E-state index is 1.17. The Morgan fingerprint density at radius 1 is 1.12 bits per heavy atom. The molecule has 1 rings (SSSR count). The highest BCUT2D eigenvalue weighted by molar-refractivity contribution is 5.58. The third-order valence-corrected chi connectivity index (χ3v) is 3.21. The first-order valence-electron chi connectivity index (χ1n) is 6.46. The molecule has 0 radical (unpaired) electrons. The van der Waals surface area contributed by atoms with Crippen LogP contribution in [0.1, 0.15) is 52.2 Å². The smallest absolute Gasteiger partial charge is 0.0251 e. The van der Waals surface area contributed by atoms with Crippen molar-refractivity contribution in [2.45, 2.75) is 47.5 Å². The normalized spacial score (nSPS) is 11.5. The van der Waals surface area contributed by atoms with Gasteiger partial charge in [0.15, 0.2) is 0 Å². The molecule has 0 unspecified atom stereocenters.